The quantitative estimate of drug-likeness (QED) is 0.312. The minimum atomic E-state index is -1.07. The van der Waals surface area contributed by atoms with Crippen LogP contribution in [0.1, 0.15) is 44.9 Å². The molecule has 1 saturated heterocycles. The van der Waals surface area contributed by atoms with Crippen molar-refractivity contribution in [2.45, 2.75) is 44.9 Å². The van der Waals surface area contributed by atoms with Gasteiger partial charge in [-0.05, 0) is 0 Å². The molecule has 0 spiro atoms. The molecule has 1 fully saturated rings. The van der Waals surface area contributed by atoms with Gasteiger partial charge in [0.25, 0.3) is 0 Å². The first-order valence-electron chi connectivity index (χ1n) is 4.99. The second-order valence-electron chi connectivity index (χ2n) is 3.44. The molecule has 0 aromatic rings. The molecule has 0 aromatic carbocycles. The summed E-state index contributed by atoms with van der Waals surface area (Å²) in [6.07, 6.45) is 9.66. The van der Waals surface area contributed by atoms with Gasteiger partial charge in [-0.3, -0.25) is 0 Å². The number of alkyl halides is 2. The van der Waals surface area contributed by atoms with Gasteiger partial charge in [0.1, 0.15) is 0 Å². The average Bonchev–Trinajstić information content (AvgIpc) is 2.14. The van der Waals surface area contributed by atoms with Gasteiger partial charge in [-0.2, -0.15) is 0 Å². The van der Waals surface area contributed by atoms with Crippen molar-refractivity contribution in [2.24, 2.45) is 0 Å². The fourth-order valence-electron chi connectivity index (χ4n) is 1.60. The van der Waals surface area contributed by atoms with E-state index in [9.17, 15) is 4.79 Å². The van der Waals surface area contributed by atoms with Crippen molar-refractivity contribution in [3.8, 4) is 0 Å². The van der Waals surface area contributed by atoms with E-state index in [0.29, 0.717) is 0 Å². The van der Waals surface area contributed by atoms with E-state index in [4.69, 9.17) is 0 Å². The van der Waals surface area contributed by atoms with Gasteiger partial charge in [0.2, 0.25) is 0 Å². The summed E-state index contributed by atoms with van der Waals surface area (Å²) in [5, 5.41) is 0. The molecule has 12 heavy (non-hydrogen) atoms. The Labute approximate surface area is 82.7 Å². The summed E-state index contributed by atoms with van der Waals surface area (Å²) in [6.45, 7) is 0. The summed E-state index contributed by atoms with van der Waals surface area (Å²) in [5.74, 6) is 0. The van der Waals surface area contributed by atoms with Crippen LogP contribution >= 0.6 is 19.8 Å². The Morgan fingerprint density at radius 3 is 1.58 bits per heavy atom. The molecule has 72 valence electrons. The maximum atomic E-state index is 10.7. The van der Waals surface area contributed by atoms with Crippen LogP contribution in [0.25, 0.3) is 0 Å². The van der Waals surface area contributed by atoms with Crippen molar-refractivity contribution in [3.05, 3.63) is 0 Å². The predicted octanol–water partition coefficient (Wildman–Crippen LogP) is 3.43. The van der Waals surface area contributed by atoms with E-state index in [1.807, 2.05) is 0 Å². The first-order chi connectivity index (χ1) is 5.93. The van der Waals surface area contributed by atoms with E-state index in [0.717, 1.165) is 0 Å². The van der Waals surface area contributed by atoms with Gasteiger partial charge in [-0.1, -0.05) is 0 Å². The van der Waals surface area contributed by atoms with E-state index < -0.39 is 19.8 Å². The zero-order valence-electron chi connectivity index (χ0n) is 7.73. The standard InChI is InChI=1S/C10H19IO/c12-10-11-8-6-4-2-1-3-5-7-9-11/h10H,1-9H2. The summed E-state index contributed by atoms with van der Waals surface area (Å²) < 4.78 is 3.92. The van der Waals surface area contributed by atoms with E-state index in [2.05, 4.69) is 0 Å². The number of hydrogen-bond donors (Lipinski definition) is 0. The molecule has 0 aliphatic carbocycles. The van der Waals surface area contributed by atoms with Gasteiger partial charge in [0.15, 0.2) is 0 Å². The van der Waals surface area contributed by atoms with Crippen molar-refractivity contribution in [3.63, 3.8) is 0 Å². The van der Waals surface area contributed by atoms with Crippen LogP contribution in [0.2, 0.25) is 0 Å². The molecule has 2 heteroatoms. The Morgan fingerprint density at radius 2 is 1.17 bits per heavy atom. The van der Waals surface area contributed by atoms with Crippen LogP contribution in [0.5, 0.6) is 0 Å². The Balaban J connectivity index is 2.21. The maximum absolute atomic E-state index is 10.7. The molecular weight excluding hydrogens is 263 g/mol. The summed E-state index contributed by atoms with van der Waals surface area (Å²) in [7, 11) is 0. The molecule has 1 aliphatic rings. The van der Waals surface area contributed by atoms with E-state index in [-0.39, 0.29) is 0 Å². The van der Waals surface area contributed by atoms with Gasteiger partial charge in [-0.15, -0.1) is 0 Å². The molecular formula is C10H19IO. The van der Waals surface area contributed by atoms with Crippen molar-refractivity contribution in [2.75, 3.05) is 8.86 Å². The topological polar surface area (TPSA) is 17.1 Å². The van der Waals surface area contributed by atoms with Gasteiger partial charge in [0.05, 0.1) is 0 Å². The van der Waals surface area contributed by atoms with Crippen LogP contribution in [-0.4, -0.2) is 13.1 Å². The summed E-state index contributed by atoms with van der Waals surface area (Å²) in [4.78, 5) is 10.7. The van der Waals surface area contributed by atoms with Crippen LogP contribution in [0.3, 0.4) is 0 Å². The van der Waals surface area contributed by atoms with Gasteiger partial charge in [-0.25, -0.2) is 0 Å². The van der Waals surface area contributed by atoms with Gasteiger partial charge >= 0.3 is 82.7 Å². The monoisotopic (exact) mass is 282 g/mol. The molecule has 1 heterocycles. The molecule has 0 amide bonds. The predicted molar refractivity (Wildman–Crippen MR) is 62.8 cm³/mol. The van der Waals surface area contributed by atoms with Crippen LogP contribution < -0.4 is 0 Å². The normalized spacial score (nSPS) is 24.8. The molecule has 0 unspecified atom stereocenters. The molecule has 0 aromatic heterocycles. The van der Waals surface area contributed by atoms with Crippen molar-refractivity contribution >= 4 is 24.1 Å². The second kappa shape index (κ2) is 6.87. The molecule has 0 N–H and O–H groups in total. The number of halogens is 1. The first-order valence-corrected chi connectivity index (χ1v) is 9.29. The number of carbonyl (C=O) groups is 1. The number of carbonyl (C=O) groups excluding carboxylic acids is 1. The summed E-state index contributed by atoms with van der Waals surface area (Å²) >= 11 is -1.07. The van der Waals surface area contributed by atoms with Gasteiger partial charge < -0.3 is 0 Å². The third-order valence-electron chi connectivity index (χ3n) is 2.38. The molecule has 1 aliphatic heterocycles. The fraction of sp³-hybridized carbons (Fsp3) is 0.900. The molecule has 0 atom stereocenters. The zero-order chi connectivity index (χ0) is 8.65. The number of rotatable bonds is 1. The van der Waals surface area contributed by atoms with Crippen LogP contribution in [0, 0.1) is 0 Å². The minimum absolute atomic E-state index is 1.07. The molecule has 0 radical (unpaired) electrons. The molecule has 0 saturated carbocycles. The van der Waals surface area contributed by atoms with Gasteiger partial charge in [0, 0.05) is 0 Å². The van der Waals surface area contributed by atoms with Crippen LogP contribution in [0.15, 0.2) is 0 Å². The third kappa shape index (κ3) is 4.43. The van der Waals surface area contributed by atoms with E-state index in [1.54, 1.807) is 0 Å². The molecule has 1 rings (SSSR count). The first kappa shape index (κ1) is 10.5. The Bertz CT molecular complexity index is 115. The van der Waals surface area contributed by atoms with Crippen LogP contribution in [-0.2, 0) is 4.79 Å². The van der Waals surface area contributed by atoms with Crippen molar-refractivity contribution < 1.29 is 4.79 Å². The third-order valence-corrected chi connectivity index (χ3v) is 7.39. The van der Waals surface area contributed by atoms with Crippen LogP contribution in [0.4, 0.5) is 0 Å². The average molecular weight is 282 g/mol. The number of hydrogen-bond acceptors (Lipinski definition) is 1. The summed E-state index contributed by atoms with van der Waals surface area (Å²) in [6, 6.07) is 0. The summed E-state index contributed by atoms with van der Waals surface area (Å²) in [5.41, 5.74) is 0. The van der Waals surface area contributed by atoms with E-state index >= 15 is 0 Å². The van der Waals surface area contributed by atoms with Crippen molar-refractivity contribution in [1.29, 1.82) is 0 Å². The Kier molecular flexibility index (Phi) is 6.00. The Morgan fingerprint density at radius 1 is 0.750 bits per heavy atom. The fourth-order valence-corrected chi connectivity index (χ4v) is 5.69. The molecule has 0 bridgehead atoms. The SMILES string of the molecule is O=CI1CCCCCCCCC1. The second-order valence-corrected chi connectivity index (χ2v) is 8.95. The van der Waals surface area contributed by atoms with Crippen molar-refractivity contribution in [1.82, 2.24) is 0 Å². The zero-order valence-corrected chi connectivity index (χ0v) is 9.89. The van der Waals surface area contributed by atoms with E-state index in [1.165, 1.54) is 58.1 Å². The molecule has 1 nitrogen and oxygen atoms in total. The Hall–Kier alpha value is 0.400.